The number of sulfonamides is 1. The van der Waals surface area contributed by atoms with Gasteiger partial charge in [0.05, 0.1) is 17.1 Å². The van der Waals surface area contributed by atoms with Crippen molar-refractivity contribution in [1.82, 2.24) is 19.0 Å². The van der Waals surface area contributed by atoms with E-state index in [4.69, 9.17) is 0 Å². The summed E-state index contributed by atoms with van der Waals surface area (Å²) in [6.45, 7) is 4.05. The minimum absolute atomic E-state index is 0.0198. The van der Waals surface area contributed by atoms with Crippen LogP contribution < -0.4 is 4.90 Å². The van der Waals surface area contributed by atoms with Gasteiger partial charge in [0.1, 0.15) is 11.4 Å². The zero-order valence-corrected chi connectivity index (χ0v) is 18.1. The number of para-hydroxylation sites is 1. The molecule has 0 N–H and O–H groups in total. The Hall–Kier alpha value is -2.72. The molecular weight excluding hydrogens is 406 g/mol. The first kappa shape index (κ1) is 20.5. The van der Waals surface area contributed by atoms with Crippen LogP contribution in [-0.4, -0.2) is 65.0 Å². The predicted molar refractivity (Wildman–Crippen MR) is 110 cm³/mol. The standard InChI is InChI=1S/C20H25N5O4S/c1-14-19(15(2)22(3)21-14)30(28,29)23-11-9-16(10-12-23)24-13-18(26)25(20(24)27)17-7-5-4-6-8-17/h4-8,16H,9-13H2,1-3H3. The smallest absolute Gasteiger partial charge is 0.312 e. The monoisotopic (exact) mass is 431 g/mol. The van der Waals surface area contributed by atoms with Crippen LogP contribution in [0.5, 0.6) is 0 Å². The van der Waals surface area contributed by atoms with E-state index >= 15 is 0 Å². The Kier molecular flexibility index (Phi) is 5.15. The van der Waals surface area contributed by atoms with Crippen LogP contribution in [0.25, 0.3) is 0 Å². The van der Waals surface area contributed by atoms with Gasteiger partial charge < -0.3 is 4.90 Å². The van der Waals surface area contributed by atoms with Crippen molar-refractivity contribution in [3.05, 3.63) is 41.7 Å². The number of imide groups is 1. The normalized spacial score (nSPS) is 19.2. The van der Waals surface area contributed by atoms with Gasteiger partial charge in [0.15, 0.2) is 0 Å². The van der Waals surface area contributed by atoms with Crippen molar-refractivity contribution in [2.45, 2.75) is 37.6 Å². The van der Waals surface area contributed by atoms with Crippen molar-refractivity contribution in [1.29, 1.82) is 0 Å². The van der Waals surface area contributed by atoms with E-state index in [-0.39, 0.29) is 29.4 Å². The molecule has 2 aliphatic rings. The number of aryl methyl sites for hydroxylation is 2. The minimum atomic E-state index is -3.66. The zero-order chi connectivity index (χ0) is 21.6. The fraction of sp³-hybridized carbons (Fsp3) is 0.450. The molecule has 160 valence electrons. The maximum Gasteiger partial charge on any atom is 0.332 e. The number of carbonyl (C=O) groups excluding carboxylic acids is 2. The molecule has 1 aromatic carbocycles. The Labute approximate surface area is 175 Å². The number of urea groups is 1. The first-order valence-electron chi connectivity index (χ1n) is 9.90. The molecule has 2 aliphatic heterocycles. The molecule has 10 heteroatoms. The highest BCUT2D eigenvalue weighted by Gasteiger charge is 2.43. The summed E-state index contributed by atoms with van der Waals surface area (Å²) in [4.78, 5) is 28.4. The van der Waals surface area contributed by atoms with E-state index in [1.165, 1.54) is 9.21 Å². The van der Waals surface area contributed by atoms with E-state index in [0.29, 0.717) is 43.0 Å². The third-order valence-corrected chi connectivity index (χ3v) is 8.06. The highest BCUT2D eigenvalue weighted by atomic mass is 32.2. The number of hydrogen-bond donors (Lipinski definition) is 0. The lowest BCUT2D eigenvalue weighted by molar-refractivity contribution is -0.116. The van der Waals surface area contributed by atoms with Crippen LogP contribution >= 0.6 is 0 Å². The van der Waals surface area contributed by atoms with E-state index in [1.807, 2.05) is 6.07 Å². The molecule has 0 aliphatic carbocycles. The van der Waals surface area contributed by atoms with Gasteiger partial charge in [0, 0.05) is 26.2 Å². The van der Waals surface area contributed by atoms with E-state index < -0.39 is 10.0 Å². The predicted octanol–water partition coefficient (Wildman–Crippen LogP) is 1.66. The zero-order valence-electron chi connectivity index (χ0n) is 17.3. The fourth-order valence-corrected chi connectivity index (χ4v) is 6.16. The minimum Gasteiger partial charge on any atom is -0.312 e. The first-order valence-corrected chi connectivity index (χ1v) is 11.3. The second kappa shape index (κ2) is 7.51. The number of anilines is 1. The summed E-state index contributed by atoms with van der Waals surface area (Å²) in [5.41, 5.74) is 1.64. The van der Waals surface area contributed by atoms with Crippen LogP contribution in [0.1, 0.15) is 24.2 Å². The van der Waals surface area contributed by atoms with Crippen molar-refractivity contribution in [3.8, 4) is 0 Å². The van der Waals surface area contributed by atoms with Gasteiger partial charge in [-0.25, -0.2) is 18.1 Å². The largest absolute Gasteiger partial charge is 0.332 e. The third-order valence-electron chi connectivity index (χ3n) is 5.91. The molecule has 0 unspecified atom stereocenters. The molecule has 0 spiro atoms. The summed E-state index contributed by atoms with van der Waals surface area (Å²) in [6.07, 6.45) is 0.971. The lowest BCUT2D eigenvalue weighted by Gasteiger charge is -2.35. The molecule has 1 aromatic heterocycles. The molecule has 0 atom stereocenters. The summed E-state index contributed by atoms with van der Waals surface area (Å²) in [5.74, 6) is -0.261. The molecule has 2 fully saturated rings. The molecule has 3 amide bonds. The SMILES string of the molecule is Cc1nn(C)c(C)c1S(=O)(=O)N1CCC(N2CC(=O)N(c3ccccc3)C2=O)CC1. The van der Waals surface area contributed by atoms with Crippen molar-refractivity contribution < 1.29 is 18.0 Å². The van der Waals surface area contributed by atoms with Gasteiger partial charge in [0.25, 0.3) is 5.91 Å². The molecule has 30 heavy (non-hydrogen) atoms. The van der Waals surface area contributed by atoms with Gasteiger partial charge >= 0.3 is 6.03 Å². The van der Waals surface area contributed by atoms with E-state index in [0.717, 1.165) is 0 Å². The molecule has 2 aromatic rings. The average Bonchev–Trinajstić information content (AvgIpc) is 3.16. The van der Waals surface area contributed by atoms with Gasteiger partial charge in [0.2, 0.25) is 10.0 Å². The Morgan fingerprint density at radius 2 is 1.67 bits per heavy atom. The number of piperidine rings is 1. The van der Waals surface area contributed by atoms with Crippen LogP contribution in [0.3, 0.4) is 0 Å². The number of carbonyl (C=O) groups is 2. The highest BCUT2D eigenvalue weighted by molar-refractivity contribution is 7.89. The summed E-state index contributed by atoms with van der Waals surface area (Å²) in [7, 11) is -1.93. The molecule has 0 radical (unpaired) electrons. The maximum absolute atomic E-state index is 13.2. The number of amides is 3. The Morgan fingerprint density at radius 1 is 1.03 bits per heavy atom. The number of hydrogen-bond acceptors (Lipinski definition) is 5. The highest BCUT2D eigenvalue weighted by Crippen LogP contribution is 2.29. The first-order chi connectivity index (χ1) is 14.2. The summed E-state index contributed by atoms with van der Waals surface area (Å²) in [6, 6.07) is 8.34. The van der Waals surface area contributed by atoms with Gasteiger partial charge in [-0.3, -0.25) is 9.48 Å². The summed E-state index contributed by atoms with van der Waals surface area (Å²) in [5, 5.41) is 4.22. The lowest BCUT2D eigenvalue weighted by atomic mass is 10.1. The van der Waals surface area contributed by atoms with Gasteiger partial charge in [-0.1, -0.05) is 18.2 Å². The summed E-state index contributed by atoms with van der Waals surface area (Å²) < 4.78 is 29.3. The fourth-order valence-electron chi connectivity index (χ4n) is 4.29. The second-order valence-electron chi connectivity index (χ2n) is 7.73. The van der Waals surface area contributed by atoms with Gasteiger partial charge in [-0.05, 0) is 38.8 Å². The molecule has 2 saturated heterocycles. The Morgan fingerprint density at radius 3 is 2.23 bits per heavy atom. The number of aromatic nitrogens is 2. The van der Waals surface area contributed by atoms with Crippen molar-refractivity contribution >= 4 is 27.6 Å². The molecular formula is C20H25N5O4S. The maximum atomic E-state index is 13.2. The van der Waals surface area contributed by atoms with Crippen LogP contribution in [0.2, 0.25) is 0 Å². The van der Waals surface area contributed by atoms with Crippen molar-refractivity contribution in [3.63, 3.8) is 0 Å². The topological polar surface area (TPSA) is 95.8 Å². The number of rotatable bonds is 4. The average molecular weight is 432 g/mol. The van der Waals surface area contributed by atoms with E-state index in [1.54, 1.807) is 54.7 Å². The third kappa shape index (κ3) is 3.29. The Balaban J connectivity index is 1.47. The van der Waals surface area contributed by atoms with E-state index in [2.05, 4.69) is 5.10 Å². The van der Waals surface area contributed by atoms with Crippen LogP contribution in [0.15, 0.2) is 35.2 Å². The van der Waals surface area contributed by atoms with Gasteiger partial charge in [-0.2, -0.15) is 9.40 Å². The quantitative estimate of drug-likeness (QED) is 0.686. The van der Waals surface area contributed by atoms with Crippen LogP contribution in [0, 0.1) is 13.8 Å². The van der Waals surface area contributed by atoms with E-state index in [9.17, 15) is 18.0 Å². The van der Waals surface area contributed by atoms with Crippen LogP contribution in [-0.2, 0) is 21.9 Å². The van der Waals surface area contributed by atoms with Crippen molar-refractivity contribution in [2.24, 2.45) is 7.05 Å². The van der Waals surface area contributed by atoms with Crippen LogP contribution in [0.4, 0.5) is 10.5 Å². The molecule has 0 bridgehead atoms. The molecule has 9 nitrogen and oxygen atoms in total. The number of nitrogens with zero attached hydrogens (tertiary/aromatic N) is 5. The molecule has 3 heterocycles. The lowest BCUT2D eigenvalue weighted by Crippen LogP contribution is -2.48. The van der Waals surface area contributed by atoms with Crippen molar-refractivity contribution in [2.75, 3.05) is 24.5 Å². The molecule has 0 saturated carbocycles. The summed E-state index contributed by atoms with van der Waals surface area (Å²) >= 11 is 0. The second-order valence-corrected chi connectivity index (χ2v) is 9.61. The molecule has 4 rings (SSSR count). The van der Waals surface area contributed by atoms with Gasteiger partial charge in [-0.15, -0.1) is 0 Å². The Bertz CT molecular complexity index is 1090. The number of benzene rings is 1.